The van der Waals surface area contributed by atoms with E-state index in [-0.39, 0.29) is 11.4 Å². The van der Waals surface area contributed by atoms with Crippen LogP contribution >= 0.6 is 0 Å². The molecule has 1 amide bonds. The highest BCUT2D eigenvalue weighted by Gasteiger charge is 2.41. The maximum Gasteiger partial charge on any atom is 0.252 e. The van der Waals surface area contributed by atoms with Crippen molar-refractivity contribution in [3.63, 3.8) is 0 Å². The smallest absolute Gasteiger partial charge is 0.252 e. The predicted molar refractivity (Wildman–Crippen MR) is 91.2 cm³/mol. The van der Waals surface area contributed by atoms with E-state index in [0.717, 1.165) is 49.0 Å². The predicted octanol–water partition coefficient (Wildman–Crippen LogP) is 3.29. The molecule has 2 aromatic rings. The van der Waals surface area contributed by atoms with E-state index in [1.165, 1.54) is 12.1 Å². The summed E-state index contributed by atoms with van der Waals surface area (Å²) < 4.78 is 26.5. The minimum atomic E-state index is -0.824. The molecule has 5 heteroatoms. The van der Waals surface area contributed by atoms with E-state index in [1.54, 1.807) is 6.07 Å². The second kappa shape index (κ2) is 6.23. The lowest BCUT2D eigenvalue weighted by molar-refractivity contribution is 0.0902. The molecule has 0 bridgehead atoms. The quantitative estimate of drug-likeness (QED) is 0.908. The highest BCUT2D eigenvalue weighted by atomic mass is 19.2. The Morgan fingerprint density at radius 2 is 1.92 bits per heavy atom. The van der Waals surface area contributed by atoms with Crippen LogP contribution in [0, 0.1) is 11.6 Å². The fourth-order valence-electron chi connectivity index (χ4n) is 4.00. The van der Waals surface area contributed by atoms with Gasteiger partial charge in [-0.05, 0) is 48.6 Å². The summed E-state index contributed by atoms with van der Waals surface area (Å²) in [6, 6.07) is 11.8. The Hall–Kier alpha value is -2.27. The van der Waals surface area contributed by atoms with E-state index in [2.05, 4.69) is 10.2 Å². The molecule has 2 aliphatic rings. The minimum Gasteiger partial charge on any atom is -0.345 e. The van der Waals surface area contributed by atoms with Gasteiger partial charge in [0.25, 0.3) is 5.91 Å². The summed E-state index contributed by atoms with van der Waals surface area (Å²) in [5.41, 5.74) is 2.36. The Labute approximate surface area is 145 Å². The summed E-state index contributed by atoms with van der Waals surface area (Å²) >= 11 is 0. The Bertz CT molecular complexity index is 823. The summed E-state index contributed by atoms with van der Waals surface area (Å²) in [4.78, 5) is 14.8. The molecule has 1 atom stereocenters. The summed E-state index contributed by atoms with van der Waals surface area (Å²) in [5.74, 6) is -1.65. The molecule has 2 aromatic carbocycles. The molecule has 1 fully saturated rings. The molecule has 4 rings (SSSR count). The molecule has 25 heavy (non-hydrogen) atoms. The molecule has 0 saturated carbocycles. The second-order valence-corrected chi connectivity index (χ2v) is 7.10. The Morgan fingerprint density at radius 1 is 1.08 bits per heavy atom. The van der Waals surface area contributed by atoms with Gasteiger partial charge in [-0.2, -0.15) is 0 Å². The molecule has 0 aliphatic carbocycles. The normalized spacial score (nSPS) is 23.4. The number of nitrogens with zero attached hydrogens (tertiary/aromatic N) is 1. The Morgan fingerprint density at radius 3 is 2.76 bits per heavy atom. The largest absolute Gasteiger partial charge is 0.345 e. The zero-order chi connectivity index (χ0) is 17.4. The molecule has 2 heterocycles. The van der Waals surface area contributed by atoms with Gasteiger partial charge in [-0.25, -0.2) is 8.78 Å². The first-order valence-electron chi connectivity index (χ1n) is 8.61. The third kappa shape index (κ3) is 3.16. The molecule has 3 nitrogen and oxygen atoms in total. The monoisotopic (exact) mass is 342 g/mol. The topological polar surface area (TPSA) is 32.3 Å². The van der Waals surface area contributed by atoms with Gasteiger partial charge in [0.1, 0.15) is 0 Å². The summed E-state index contributed by atoms with van der Waals surface area (Å²) in [7, 11) is 0. The van der Waals surface area contributed by atoms with Crippen molar-refractivity contribution in [3.8, 4) is 0 Å². The number of amides is 1. The Balaban J connectivity index is 1.48. The van der Waals surface area contributed by atoms with Crippen molar-refractivity contribution in [3.05, 3.63) is 70.8 Å². The van der Waals surface area contributed by atoms with Crippen LogP contribution in [0.2, 0.25) is 0 Å². The van der Waals surface area contributed by atoms with Crippen LogP contribution in [0.25, 0.3) is 0 Å². The van der Waals surface area contributed by atoms with Crippen molar-refractivity contribution in [2.75, 3.05) is 13.1 Å². The van der Waals surface area contributed by atoms with Gasteiger partial charge < -0.3 is 5.32 Å². The third-order valence-electron chi connectivity index (χ3n) is 5.34. The molecule has 0 radical (unpaired) electrons. The molecular weight excluding hydrogens is 322 g/mol. The van der Waals surface area contributed by atoms with Gasteiger partial charge in [0.05, 0.1) is 5.54 Å². The minimum absolute atomic E-state index is 0.0113. The van der Waals surface area contributed by atoms with E-state index < -0.39 is 11.6 Å². The van der Waals surface area contributed by atoms with Crippen molar-refractivity contribution in [1.82, 2.24) is 10.2 Å². The zero-order valence-electron chi connectivity index (χ0n) is 13.9. The molecule has 1 unspecified atom stereocenters. The molecule has 1 saturated heterocycles. The van der Waals surface area contributed by atoms with Gasteiger partial charge >= 0.3 is 0 Å². The highest BCUT2D eigenvalue weighted by Crippen LogP contribution is 2.31. The number of benzene rings is 2. The van der Waals surface area contributed by atoms with Crippen LogP contribution in [0.3, 0.4) is 0 Å². The van der Waals surface area contributed by atoms with Crippen LogP contribution in [0.5, 0.6) is 0 Å². The third-order valence-corrected chi connectivity index (χ3v) is 5.34. The van der Waals surface area contributed by atoms with E-state index in [1.807, 2.05) is 24.3 Å². The molecule has 130 valence electrons. The molecule has 1 N–H and O–H groups in total. The zero-order valence-corrected chi connectivity index (χ0v) is 13.9. The number of halogens is 2. The number of aryl methyl sites for hydroxylation is 1. The van der Waals surface area contributed by atoms with Gasteiger partial charge in [-0.15, -0.1) is 0 Å². The number of hydrogen-bond acceptors (Lipinski definition) is 2. The van der Waals surface area contributed by atoms with E-state index in [9.17, 15) is 13.6 Å². The summed E-state index contributed by atoms with van der Waals surface area (Å²) in [5, 5.41) is 3.23. The maximum atomic E-state index is 13.4. The summed E-state index contributed by atoms with van der Waals surface area (Å²) in [6.07, 6.45) is 2.63. The number of fused-ring (bicyclic) bond motifs is 1. The molecule has 2 aliphatic heterocycles. The van der Waals surface area contributed by atoms with Gasteiger partial charge in [0.2, 0.25) is 0 Å². The Kier molecular flexibility index (Phi) is 4.04. The number of hydrogen-bond donors (Lipinski definition) is 1. The van der Waals surface area contributed by atoms with Crippen LogP contribution in [0.15, 0.2) is 42.5 Å². The highest BCUT2D eigenvalue weighted by molar-refractivity contribution is 5.96. The number of likely N-dealkylation sites (tertiary alicyclic amines) is 1. The van der Waals surface area contributed by atoms with Gasteiger partial charge in [-0.1, -0.05) is 24.3 Å². The van der Waals surface area contributed by atoms with Crippen LogP contribution in [0.1, 0.15) is 34.3 Å². The number of rotatable bonds is 2. The maximum absolute atomic E-state index is 13.4. The fourth-order valence-corrected chi connectivity index (χ4v) is 4.00. The first kappa shape index (κ1) is 16.2. The first-order valence-corrected chi connectivity index (χ1v) is 8.61. The van der Waals surface area contributed by atoms with Crippen molar-refractivity contribution >= 4 is 5.91 Å². The molecule has 0 aromatic heterocycles. The van der Waals surface area contributed by atoms with Crippen LogP contribution in [0.4, 0.5) is 8.78 Å². The second-order valence-electron chi connectivity index (χ2n) is 7.10. The van der Waals surface area contributed by atoms with Gasteiger partial charge in [0.15, 0.2) is 11.6 Å². The number of carbonyl (C=O) groups is 1. The van der Waals surface area contributed by atoms with Gasteiger partial charge in [-0.3, -0.25) is 9.69 Å². The lowest BCUT2D eigenvalue weighted by Crippen LogP contribution is -2.49. The van der Waals surface area contributed by atoms with Crippen molar-refractivity contribution in [1.29, 1.82) is 0 Å². The first-order chi connectivity index (χ1) is 12.0. The fraction of sp³-hybridized carbons (Fsp3) is 0.350. The van der Waals surface area contributed by atoms with E-state index in [4.69, 9.17) is 0 Å². The lowest BCUT2D eigenvalue weighted by Gasteiger charge is -2.29. The lowest BCUT2D eigenvalue weighted by atomic mass is 9.91. The average Bonchev–Trinajstić information content (AvgIpc) is 2.92. The SMILES string of the molecule is O=C1NC2(CCc3ccccc31)CCN(Cc1ccc(F)c(F)c1)C2. The standard InChI is InChI=1S/C20H20F2N2O/c21-17-6-5-14(11-18(17)22)12-24-10-9-20(13-24)8-7-15-3-1-2-4-16(15)19(25)23-20/h1-6,11H,7-10,12-13H2,(H,23,25). The van der Waals surface area contributed by atoms with Crippen LogP contribution < -0.4 is 5.32 Å². The average molecular weight is 342 g/mol. The summed E-state index contributed by atoms with van der Waals surface area (Å²) in [6.45, 7) is 2.11. The molecular formula is C20H20F2N2O. The van der Waals surface area contributed by atoms with Crippen LogP contribution in [-0.4, -0.2) is 29.4 Å². The molecule has 1 spiro atoms. The van der Waals surface area contributed by atoms with E-state index >= 15 is 0 Å². The van der Waals surface area contributed by atoms with Crippen LogP contribution in [-0.2, 0) is 13.0 Å². The van der Waals surface area contributed by atoms with Crippen molar-refractivity contribution in [2.24, 2.45) is 0 Å². The number of carbonyl (C=O) groups excluding carboxylic acids is 1. The van der Waals surface area contributed by atoms with Crippen molar-refractivity contribution < 1.29 is 13.6 Å². The van der Waals surface area contributed by atoms with E-state index in [0.29, 0.717) is 6.54 Å². The van der Waals surface area contributed by atoms with Crippen molar-refractivity contribution in [2.45, 2.75) is 31.3 Å². The van der Waals surface area contributed by atoms with Gasteiger partial charge in [0, 0.05) is 25.2 Å². The number of nitrogens with one attached hydrogen (secondary N) is 1.